The van der Waals surface area contributed by atoms with Gasteiger partial charge in [-0.2, -0.15) is 0 Å². The van der Waals surface area contributed by atoms with Crippen LogP contribution in [0.5, 0.6) is 0 Å². The van der Waals surface area contributed by atoms with E-state index in [2.05, 4.69) is 70.3 Å². The van der Waals surface area contributed by atoms with E-state index in [0.717, 1.165) is 16.6 Å². The Morgan fingerprint density at radius 2 is 1.78 bits per heavy atom. The second-order valence-corrected chi connectivity index (χ2v) is 5.19. The van der Waals surface area contributed by atoms with E-state index < -0.39 is 0 Å². The Morgan fingerprint density at radius 1 is 1.06 bits per heavy atom. The quantitative estimate of drug-likeness (QED) is 0.936. The predicted molar refractivity (Wildman–Crippen MR) is 80.6 cm³/mol. The molecule has 18 heavy (non-hydrogen) atoms. The zero-order chi connectivity index (χ0) is 13.0. The van der Waals surface area contributed by atoms with Crippen LogP contribution in [0.15, 0.2) is 53.0 Å². The molecule has 0 atom stereocenters. The van der Waals surface area contributed by atoms with Crippen molar-refractivity contribution in [3.63, 3.8) is 0 Å². The third-order valence-electron chi connectivity index (χ3n) is 2.92. The highest BCUT2D eigenvalue weighted by molar-refractivity contribution is 9.10. The lowest BCUT2D eigenvalue weighted by molar-refractivity contribution is 0.918. The van der Waals surface area contributed by atoms with Crippen LogP contribution in [-0.2, 0) is 13.1 Å². The summed E-state index contributed by atoms with van der Waals surface area (Å²) in [6.45, 7) is 1.46. The molecular formula is C15H17BrN2. The van der Waals surface area contributed by atoms with Crippen LogP contribution in [0.2, 0.25) is 0 Å². The van der Waals surface area contributed by atoms with Gasteiger partial charge in [0.05, 0.1) is 5.69 Å². The standard InChI is InChI=1S/C15H17BrN2/c1-18(11-12-5-3-2-4-6-12)15-8-7-13(10-17)9-14(15)16/h2-9H,10-11,17H2,1H3. The second kappa shape index (κ2) is 6.03. The highest BCUT2D eigenvalue weighted by Crippen LogP contribution is 2.27. The molecule has 3 heteroatoms. The van der Waals surface area contributed by atoms with Crippen molar-refractivity contribution >= 4 is 21.6 Å². The topological polar surface area (TPSA) is 29.3 Å². The minimum atomic E-state index is 0.571. The van der Waals surface area contributed by atoms with E-state index >= 15 is 0 Å². The molecule has 0 saturated carbocycles. The Morgan fingerprint density at radius 3 is 2.39 bits per heavy atom. The number of hydrogen-bond donors (Lipinski definition) is 1. The molecule has 0 aliphatic carbocycles. The number of nitrogens with zero attached hydrogens (tertiary/aromatic N) is 1. The van der Waals surface area contributed by atoms with Crippen LogP contribution in [0.4, 0.5) is 5.69 Å². The van der Waals surface area contributed by atoms with E-state index in [-0.39, 0.29) is 0 Å². The fourth-order valence-electron chi connectivity index (χ4n) is 1.93. The molecule has 2 aromatic rings. The molecule has 94 valence electrons. The molecule has 2 nitrogen and oxygen atoms in total. The van der Waals surface area contributed by atoms with Gasteiger partial charge in [-0.25, -0.2) is 0 Å². The number of benzene rings is 2. The maximum Gasteiger partial charge on any atom is 0.0511 e. The minimum Gasteiger partial charge on any atom is -0.369 e. The Kier molecular flexibility index (Phi) is 4.39. The zero-order valence-electron chi connectivity index (χ0n) is 10.4. The van der Waals surface area contributed by atoms with Gasteiger partial charge in [0.2, 0.25) is 0 Å². The number of halogens is 1. The molecule has 0 saturated heterocycles. The van der Waals surface area contributed by atoms with Crippen molar-refractivity contribution < 1.29 is 0 Å². The van der Waals surface area contributed by atoms with Crippen LogP contribution in [-0.4, -0.2) is 7.05 Å². The molecule has 0 heterocycles. The summed E-state index contributed by atoms with van der Waals surface area (Å²) in [7, 11) is 2.09. The van der Waals surface area contributed by atoms with Crippen LogP contribution < -0.4 is 10.6 Å². The molecule has 0 spiro atoms. The third-order valence-corrected chi connectivity index (χ3v) is 3.56. The summed E-state index contributed by atoms with van der Waals surface area (Å²) in [4.78, 5) is 2.22. The highest BCUT2D eigenvalue weighted by Gasteiger charge is 2.06. The molecule has 2 N–H and O–H groups in total. The van der Waals surface area contributed by atoms with Gasteiger partial charge in [-0.15, -0.1) is 0 Å². The van der Waals surface area contributed by atoms with Gasteiger partial charge >= 0.3 is 0 Å². The Hall–Kier alpha value is -1.32. The van der Waals surface area contributed by atoms with Crippen LogP contribution in [0.25, 0.3) is 0 Å². The van der Waals surface area contributed by atoms with E-state index in [1.54, 1.807) is 0 Å². The monoisotopic (exact) mass is 304 g/mol. The summed E-state index contributed by atoms with van der Waals surface area (Å²) in [5.41, 5.74) is 9.25. The molecule has 0 fully saturated rings. The number of nitrogens with two attached hydrogens (primary N) is 1. The molecule has 0 unspecified atom stereocenters. The molecular weight excluding hydrogens is 288 g/mol. The zero-order valence-corrected chi connectivity index (χ0v) is 12.0. The van der Waals surface area contributed by atoms with Gasteiger partial charge in [0.15, 0.2) is 0 Å². The van der Waals surface area contributed by atoms with E-state index in [4.69, 9.17) is 5.73 Å². The largest absolute Gasteiger partial charge is 0.369 e. The van der Waals surface area contributed by atoms with Gasteiger partial charge in [-0.1, -0.05) is 36.4 Å². The summed E-state index contributed by atoms with van der Waals surface area (Å²) in [6.07, 6.45) is 0. The molecule has 2 aromatic carbocycles. The van der Waals surface area contributed by atoms with Crippen molar-refractivity contribution in [2.75, 3.05) is 11.9 Å². The molecule has 0 aliphatic heterocycles. The number of hydrogen-bond acceptors (Lipinski definition) is 2. The fourth-order valence-corrected chi connectivity index (χ4v) is 2.66. The van der Waals surface area contributed by atoms with E-state index in [1.165, 1.54) is 11.3 Å². The van der Waals surface area contributed by atoms with Crippen molar-refractivity contribution in [3.05, 3.63) is 64.1 Å². The van der Waals surface area contributed by atoms with Crippen molar-refractivity contribution in [3.8, 4) is 0 Å². The van der Waals surface area contributed by atoms with Crippen molar-refractivity contribution in [1.82, 2.24) is 0 Å². The second-order valence-electron chi connectivity index (χ2n) is 4.33. The first-order chi connectivity index (χ1) is 8.70. The predicted octanol–water partition coefficient (Wildman–Crippen LogP) is 3.54. The van der Waals surface area contributed by atoms with Crippen molar-refractivity contribution in [1.29, 1.82) is 0 Å². The average molecular weight is 305 g/mol. The molecule has 0 radical (unpaired) electrons. The normalized spacial score (nSPS) is 10.4. The smallest absolute Gasteiger partial charge is 0.0511 e. The summed E-state index contributed by atoms with van der Waals surface area (Å²) >= 11 is 3.60. The lowest BCUT2D eigenvalue weighted by Gasteiger charge is -2.21. The Labute approximate surface area is 117 Å². The molecule has 0 bridgehead atoms. The molecule has 0 aliphatic rings. The van der Waals surface area contributed by atoms with Gasteiger partial charge in [0, 0.05) is 24.6 Å². The van der Waals surface area contributed by atoms with Crippen LogP contribution >= 0.6 is 15.9 Å². The third kappa shape index (κ3) is 3.12. The summed E-state index contributed by atoms with van der Waals surface area (Å²) in [6, 6.07) is 16.7. The van der Waals surface area contributed by atoms with Gasteiger partial charge < -0.3 is 10.6 Å². The highest BCUT2D eigenvalue weighted by atomic mass is 79.9. The van der Waals surface area contributed by atoms with Gasteiger partial charge in [-0.05, 0) is 39.2 Å². The van der Waals surface area contributed by atoms with Gasteiger partial charge in [-0.3, -0.25) is 0 Å². The number of anilines is 1. The first-order valence-corrected chi connectivity index (χ1v) is 6.73. The maximum atomic E-state index is 5.63. The van der Waals surface area contributed by atoms with Crippen LogP contribution in [0, 0.1) is 0 Å². The Balaban J connectivity index is 2.16. The van der Waals surface area contributed by atoms with E-state index in [1.807, 2.05) is 6.07 Å². The SMILES string of the molecule is CN(Cc1ccccc1)c1ccc(CN)cc1Br. The van der Waals surface area contributed by atoms with Gasteiger partial charge in [0.1, 0.15) is 0 Å². The lowest BCUT2D eigenvalue weighted by atomic mass is 10.1. The van der Waals surface area contributed by atoms with Crippen molar-refractivity contribution in [2.24, 2.45) is 5.73 Å². The summed E-state index contributed by atoms with van der Waals surface area (Å²) in [5.74, 6) is 0. The minimum absolute atomic E-state index is 0.571. The molecule has 0 amide bonds. The first kappa shape index (κ1) is 13.1. The lowest BCUT2D eigenvalue weighted by Crippen LogP contribution is -2.16. The number of rotatable bonds is 4. The maximum absolute atomic E-state index is 5.63. The van der Waals surface area contributed by atoms with Crippen LogP contribution in [0.1, 0.15) is 11.1 Å². The molecule has 0 aromatic heterocycles. The average Bonchev–Trinajstić information content (AvgIpc) is 2.39. The Bertz CT molecular complexity index is 511. The summed E-state index contributed by atoms with van der Waals surface area (Å²) in [5, 5.41) is 0. The van der Waals surface area contributed by atoms with Gasteiger partial charge in [0.25, 0.3) is 0 Å². The van der Waals surface area contributed by atoms with Crippen LogP contribution in [0.3, 0.4) is 0 Å². The molecule has 2 rings (SSSR count). The fraction of sp³-hybridized carbons (Fsp3) is 0.200. The first-order valence-electron chi connectivity index (χ1n) is 5.94. The van der Waals surface area contributed by atoms with E-state index in [0.29, 0.717) is 6.54 Å². The van der Waals surface area contributed by atoms with Crippen molar-refractivity contribution in [2.45, 2.75) is 13.1 Å². The van der Waals surface area contributed by atoms with E-state index in [9.17, 15) is 0 Å². The summed E-state index contributed by atoms with van der Waals surface area (Å²) < 4.78 is 1.09.